The zero-order chi connectivity index (χ0) is 12.1. The van der Waals surface area contributed by atoms with E-state index in [1.165, 1.54) is 0 Å². The average molecular weight is 272 g/mol. The molecule has 0 radical (unpaired) electrons. The van der Waals surface area contributed by atoms with Gasteiger partial charge in [-0.3, -0.25) is 0 Å². The van der Waals surface area contributed by atoms with Crippen LogP contribution >= 0.6 is 0 Å². The maximum atomic E-state index is 10.8. The summed E-state index contributed by atoms with van der Waals surface area (Å²) in [7, 11) is 0. The van der Waals surface area contributed by atoms with Crippen LogP contribution in [0, 0.1) is 0 Å². The molecule has 18 heavy (non-hydrogen) atoms. The Morgan fingerprint density at radius 3 is 2.22 bits per heavy atom. The van der Waals surface area contributed by atoms with Crippen molar-refractivity contribution < 1.29 is 44.5 Å². The standard InChI is InChI=1S/C13H12O3S.Na.H/c14-17(15)13-8-6-12(7-9-13)16-10-11-4-2-1-3-5-11;;/h1-9H,10H2,(H,14,15);;/q;+1;-1. The van der Waals surface area contributed by atoms with Crippen molar-refractivity contribution in [2.24, 2.45) is 0 Å². The Morgan fingerprint density at radius 1 is 1.06 bits per heavy atom. The summed E-state index contributed by atoms with van der Waals surface area (Å²) in [5.41, 5.74) is 1.09. The van der Waals surface area contributed by atoms with Crippen LogP contribution in [0.5, 0.6) is 5.75 Å². The van der Waals surface area contributed by atoms with Gasteiger partial charge in [-0.2, -0.15) is 0 Å². The molecule has 0 saturated carbocycles. The largest absolute Gasteiger partial charge is 1.00 e. The van der Waals surface area contributed by atoms with Crippen molar-refractivity contribution in [3.05, 3.63) is 60.2 Å². The molecule has 2 rings (SSSR count). The fourth-order valence-corrected chi connectivity index (χ4v) is 1.76. The first kappa shape index (κ1) is 15.4. The molecular formula is C13H13NaO3S. The minimum Gasteiger partial charge on any atom is -1.00 e. The van der Waals surface area contributed by atoms with E-state index in [0.29, 0.717) is 17.3 Å². The maximum Gasteiger partial charge on any atom is 1.00 e. The van der Waals surface area contributed by atoms with Gasteiger partial charge in [0.2, 0.25) is 0 Å². The molecule has 0 amide bonds. The van der Waals surface area contributed by atoms with Crippen LogP contribution in [0.15, 0.2) is 59.5 Å². The minimum atomic E-state index is -1.93. The fraction of sp³-hybridized carbons (Fsp3) is 0.0769. The van der Waals surface area contributed by atoms with Crippen LogP contribution in [0.4, 0.5) is 0 Å². The number of hydrogen-bond donors (Lipinski definition) is 1. The molecule has 0 spiro atoms. The van der Waals surface area contributed by atoms with Crippen LogP contribution in [-0.4, -0.2) is 8.76 Å². The maximum absolute atomic E-state index is 10.8. The molecule has 2 aromatic rings. The van der Waals surface area contributed by atoms with Gasteiger partial charge in [-0.1, -0.05) is 30.3 Å². The molecule has 1 unspecified atom stereocenters. The van der Waals surface area contributed by atoms with Gasteiger partial charge in [-0.25, -0.2) is 4.21 Å². The zero-order valence-electron chi connectivity index (χ0n) is 11.1. The van der Waals surface area contributed by atoms with Crippen molar-refractivity contribution >= 4 is 11.1 Å². The second-order valence-corrected chi connectivity index (χ2v) is 4.46. The van der Waals surface area contributed by atoms with Gasteiger partial charge in [0, 0.05) is 0 Å². The summed E-state index contributed by atoms with van der Waals surface area (Å²) >= 11 is -1.93. The number of ether oxygens (including phenoxy) is 1. The Labute approximate surface area is 132 Å². The molecule has 5 heteroatoms. The summed E-state index contributed by atoms with van der Waals surface area (Å²) in [5.74, 6) is 0.683. The van der Waals surface area contributed by atoms with Crippen molar-refractivity contribution in [1.29, 1.82) is 0 Å². The number of benzene rings is 2. The quantitative estimate of drug-likeness (QED) is 0.628. The third-order valence-corrected chi connectivity index (χ3v) is 2.95. The first-order valence-electron chi connectivity index (χ1n) is 5.13. The SMILES string of the molecule is O=S(O)c1ccc(OCc2ccccc2)cc1.[H-].[Na+]. The van der Waals surface area contributed by atoms with Gasteiger partial charge in [0.15, 0.2) is 11.1 Å². The second-order valence-electron chi connectivity index (χ2n) is 3.49. The molecule has 0 heterocycles. The molecule has 0 aliphatic carbocycles. The van der Waals surface area contributed by atoms with Crippen molar-refractivity contribution in [2.45, 2.75) is 11.5 Å². The molecule has 0 bridgehead atoms. The monoisotopic (exact) mass is 272 g/mol. The van der Waals surface area contributed by atoms with Gasteiger partial charge in [0.05, 0.1) is 4.90 Å². The molecule has 90 valence electrons. The van der Waals surface area contributed by atoms with Crippen molar-refractivity contribution in [3.63, 3.8) is 0 Å². The summed E-state index contributed by atoms with van der Waals surface area (Å²) in [4.78, 5) is 0.372. The van der Waals surface area contributed by atoms with Crippen LogP contribution in [0.3, 0.4) is 0 Å². The van der Waals surface area contributed by atoms with E-state index >= 15 is 0 Å². The van der Waals surface area contributed by atoms with Crippen LogP contribution in [0.1, 0.15) is 6.99 Å². The average Bonchev–Trinajstić information content (AvgIpc) is 2.38. The third-order valence-electron chi connectivity index (χ3n) is 2.27. The van der Waals surface area contributed by atoms with E-state index in [9.17, 15) is 4.21 Å². The Kier molecular flexibility index (Phi) is 6.60. The summed E-state index contributed by atoms with van der Waals surface area (Å²) in [5, 5.41) is 0. The Bertz CT molecular complexity index is 505. The Hall–Kier alpha value is -0.650. The van der Waals surface area contributed by atoms with Gasteiger partial charge in [-0.05, 0) is 29.8 Å². The molecule has 0 fully saturated rings. The third kappa shape index (κ3) is 4.55. The zero-order valence-corrected chi connectivity index (χ0v) is 12.9. The molecule has 2 aromatic carbocycles. The normalized spacial score (nSPS) is 11.4. The first-order valence-corrected chi connectivity index (χ1v) is 6.24. The van der Waals surface area contributed by atoms with Crippen LogP contribution in [0.2, 0.25) is 0 Å². The van der Waals surface area contributed by atoms with Gasteiger partial charge < -0.3 is 10.7 Å². The topological polar surface area (TPSA) is 46.5 Å². The number of rotatable bonds is 4. The van der Waals surface area contributed by atoms with E-state index < -0.39 is 11.1 Å². The fourth-order valence-electron chi connectivity index (χ4n) is 1.39. The molecule has 0 aliphatic rings. The van der Waals surface area contributed by atoms with Crippen molar-refractivity contribution in [2.75, 3.05) is 0 Å². The Balaban J connectivity index is 0.00000162. The summed E-state index contributed by atoms with van der Waals surface area (Å²) in [6.07, 6.45) is 0. The van der Waals surface area contributed by atoms with Gasteiger partial charge in [0.1, 0.15) is 12.4 Å². The summed E-state index contributed by atoms with van der Waals surface area (Å²) in [6, 6.07) is 16.4. The van der Waals surface area contributed by atoms with E-state index in [2.05, 4.69) is 0 Å². The van der Waals surface area contributed by atoms with E-state index in [-0.39, 0.29) is 31.0 Å². The van der Waals surface area contributed by atoms with Crippen LogP contribution in [-0.2, 0) is 17.7 Å². The second kappa shape index (κ2) is 7.71. The molecule has 3 nitrogen and oxygen atoms in total. The molecule has 0 aliphatic heterocycles. The van der Waals surface area contributed by atoms with E-state index in [0.717, 1.165) is 5.56 Å². The van der Waals surface area contributed by atoms with Crippen molar-refractivity contribution in [1.82, 2.24) is 0 Å². The van der Waals surface area contributed by atoms with Gasteiger partial charge >= 0.3 is 29.6 Å². The van der Waals surface area contributed by atoms with E-state index in [4.69, 9.17) is 9.29 Å². The number of hydrogen-bond acceptors (Lipinski definition) is 2. The smallest absolute Gasteiger partial charge is 1.00 e. The van der Waals surface area contributed by atoms with E-state index in [1.54, 1.807) is 24.3 Å². The predicted octanol–water partition coefficient (Wildman–Crippen LogP) is -0.0373. The van der Waals surface area contributed by atoms with Crippen LogP contribution in [0.25, 0.3) is 0 Å². The Morgan fingerprint density at radius 2 is 1.67 bits per heavy atom. The van der Waals surface area contributed by atoms with Gasteiger partial charge in [-0.15, -0.1) is 0 Å². The molecule has 1 atom stereocenters. The summed E-state index contributed by atoms with van der Waals surface area (Å²) in [6.45, 7) is 0.488. The molecule has 0 aromatic heterocycles. The summed E-state index contributed by atoms with van der Waals surface area (Å²) < 4.78 is 25.2. The predicted molar refractivity (Wildman–Crippen MR) is 67.4 cm³/mol. The molecule has 0 saturated heterocycles. The molecular weight excluding hydrogens is 259 g/mol. The first-order chi connectivity index (χ1) is 8.25. The van der Waals surface area contributed by atoms with Crippen LogP contribution < -0.4 is 34.3 Å². The van der Waals surface area contributed by atoms with Crippen molar-refractivity contribution in [3.8, 4) is 5.75 Å². The van der Waals surface area contributed by atoms with Gasteiger partial charge in [0.25, 0.3) is 0 Å². The van der Waals surface area contributed by atoms with E-state index in [1.807, 2.05) is 30.3 Å². The molecule has 1 N–H and O–H groups in total. The minimum absolute atomic E-state index is 0.